The second kappa shape index (κ2) is 3.57. The Morgan fingerprint density at radius 3 is 2.73 bits per heavy atom. The van der Waals surface area contributed by atoms with E-state index in [2.05, 4.69) is 12.2 Å². The molecule has 0 spiro atoms. The quantitative estimate of drug-likeness (QED) is 0.566. The zero-order chi connectivity index (χ0) is 8.32. The predicted octanol–water partition coefficient (Wildman–Crippen LogP) is 2.42. The van der Waals surface area contributed by atoms with E-state index < -0.39 is 0 Å². The average molecular weight is 155 g/mol. The first-order valence-electron chi connectivity index (χ1n) is 5.02. The molecule has 1 saturated carbocycles. The van der Waals surface area contributed by atoms with Crippen LogP contribution < -0.4 is 5.32 Å². The van der Waals surface area contributed by atoms with E-state index in [-0.39, 0.29) is 0 Å². The minimum absolute atomic E-state index is 0.694. The molecule has 2 unspecified atom stereocenters. The molecule has 2 rings (SSSR count). The molecule has 0 bridgehead atoms. The third-order valence-corrected chi connectivity index (χ3v) is 3.21. The van der Waals surface area contributed by atoms with E-state index in [9.17, 15) is 0 Å². The van der Waals surface area contributed by atoms with Gasteiger partial charge in [-0.15, -0.1) is 0 Å². The van der Waals surface area contributed by atoms with Crippen molar-refractivity contribution in [2.75, 3.05) is 13.1 Å². The number of hydrogen-bond donors (Lipinski definition) is 1. The molecule has 1 saturated heterocycles. The largest absolute Gasteiger partial charge is 0.316 e. The molecule has 0 aromatic rings. The summed E-state index contributed by atoms with van der Waals surface area (Å²) in [5.74, 6) is 1.01. The van der Waals surface area contributed by atoms with Gasteiger partial charge < -0.3 is 5.32 Å². The fourth-order valence-electron chi connectivity index (χ4n) is 2.42. The first kappa shape index (κ1) is 9.05. The Kier molecular flexibility index (Phi) is 2.94. The lowest BCUT2D eigenvalue weighted by Gasteiger charge is -2.21. The normalized spacial score (nSPS) is 41.2. The van der Waals surface area contributed by atoms with Crippen molar-refractivity contribution in [3.05, 3.63) is 0 Å². The Morgan fingerprint density at radius 2 is 2.09 bits per heavy atom. The first-order chi connectivity index (χ1) is 5.31. The molecular formula is C10H21N. The predicted molar refractivity (Wildman–Crippen MR) is 49.7 cm³/mol. The summed E-state index contributed by atoms with van der Waals surface area (Å²) >= 11 is 0. The highest BCUT2D eigenvalue weighted by Crippen LogP contribution is 2.44. The van der Waals surface area contributed by atoms with Gasteiger partial charge in [0.2, 0.25) is 0 Å². The second-order valence-corrected chi connectivity index (χ2v) is 3.87. The van der Waals surface area contributed by atoms with Crippen molar-refractivity contribution < 1.29 is 0 Å². The van der Waals surface area contributed by atoms with Crippen LogP contribution in [0.1, 0.15) is 40.0 Å². The maximum atomic E-state index is 3.46. The fourth-order valence-corrected chi connectivity index (χ4v) is 2.42. The molecule has 1 N–H and O–H groups in total. The molecule has 1 heteroatoms. The highest BCUT2D eigenvalue weighted by molar-refractivity contribution is 4.95. The zero-order valence-corrected chi connectivity index (χ0v) is 8.11. The summed E-state index contributed by atoms with van der Waals surface area (Å²) < 4.78 is 0. The van der Waals surface area contributed by atoms with Crippen LogP contribution in [0.3, 0.4) is 0 Å². The van der Waals surface area contributed by atoms with Crippen LogP contribution >= 0.6 is 0 Å². The minimum atomic E-state index is 0.694. The summed E-state index contributed by atoms with van der Waals surface area (Å²) in [6, 6.07) is 0. The van der Waals surface area contributed by atoms with Gasteiger partial charge in [0.25, 0.3) is 0 Å². The number of fused-ring (bicyclic) bond motifs is 1. The SMILES string of the molecule is CC.CC12CCCC1CNC2. The van der Waals surface area contributed by atoms with E-state index in [4.69, 9.17) is 0 Å². The number of nitrogens with one attached hydrogen (secondary N) is 1. The van der Waals surface area contributed by atoms with Gasteiger partial charge in [-0.3, -0.25) is 0 Å². The van der Waals surface area contributed by atoms with Gasteiger partial charge >= 0.3 is 0 Å². The molecule has 11 heavy (non-hydrogen) atoms. The number of rotatable bonds is 0. The van der Waals surface area contributed by atoms with Crippen LogP contribution in [0, 0.1) is 11.3 Å². The molecule has 1 aliphatic carbocycles. The van der Waals surface area contributed by atoms with Crippen LogP contribution in [0.25, 0.3) is 0 Å². The molecule has 2 atom stereocenters. The zero-order valence-electron chi connectivity index (χ0n) is 8.11. The van der Waals surface area contributed by atoms with Gasteiger partial charge in [0, 0.05) is 6.54 Å². The third-order valence-electron chi connectivity index (χ3n) is 3.21. The Bertz CT molecular complexity index is 110. The van der Waals surface area contributed by atoms with Crippen molar-refractivity contribution in [3.63, 3.8) is 0 Å². The molecule has 2 fully saturated rings. The maximum Gasteiger partial charge on any atom is 0.000841 e. The van der Waals surface area contributed by atoms with Crippen LogP contribution in [0.4, 0.5) is 0 Å². The van der Waals surface area contributed by atoms with Crippen LogP contribution in [-0.4, -0.2) is 13.1 Å². The molecule has 0 aromatic carbocycles. The van der Waals surface area contributed by atoms with Crippen molar-refractivity contribution in [1.29, 1.82) is 0 Å². The lowest BCUT2D eigenvalue weighted by Crippen LogP contribution is -2.20. The van der Waals surface area contributed by atoms with Crippen LogP contribution in [0.15, 0.2) is 0 Å². The smallest absolute Gasteiger partial charge is 0.000841 e. The number of hydrogen-bond acceptors (Lipinski definition) is 1. The highest BCUT2D eigenvalue weighted by atomic mass is 14.9. The van der Waals surface area contributed by atoms with Crippen LogP contribution in [0.5, 0.6) is 0 Å². The molecule has 1 aliphatic heterocycles. The molecule has 1 heterocycles. The van der Waals surface area contributed by atoms with Gasteiger partial charge in [-0.2, -0.15) is 0 Å². The molecule has 66 valence electrons. The van der Waals surface area contributed by atoms with Crippen molar-refractivity contribution >= 4 is 0 Å². The summed E-state index contributed by atoms with van der Waals surface area (Å²) in [6.07, 6.45) is 4.41. The van der Waals surface area contributed by atoms with E-state index >= 15 is 0 Å². The Morgan fingerprint density at radius 1 is 1.36 bits per heavy atom. The molecule has 0 aromatic heterocycles. The first-order valence-corrected chi connectivity index (χ1v) is 5.02. The van der Waals surface area contributed by atoms with Crippen molar-refractivity contribution in [2.45, 2.75) is 40.0 Å². The Balaban J connectivity index is 0.000000281. The van der Waals surface area contributed by atoms with Gasteiger partial charge in [-0.1, -0.05) is 27.2 Å². The second-order valence-electron chi connectivity index (χ2n) is 3.87. The topological polar surface area (TPSA) is 12.0 Å². The van der Waals surface area contributed by atoms with E-state index in [1.165, 1.54) is 32.4 Å². The lowest BCUT2D eigenvalue weighted by molar-refractivity contribution is 0.306. The van der Waals surface area contributed by atoms with Crippen LogP contribution in [-0.2, 0) is 0 Å². The van der Waals surface area contributed by atoms with Crippen molar-refractivity contribution in [1.82, 2.24) is 5.32 Å². The Hall–Kier alpha value is -0.0400. The minimum Gasteiger partial charge on any atom is -0.316 e. The van der Waals surface area contributed by atoms with Crippen molar-refractivity contribution in [2.24, 2.45) is 11.3 Å². The highest BCUT2D eigenvalue weighted by Gasteiger charge is 2.41. The van der Waals surface area contributed by atoms with E-state index in [0.717, 1.165) is 5.92 Å². The molecule has 2 aliphatic rings. The fraction of sp³-hybridized carbons (Fsp3) is 1.00. The van der Waals surface area contributed by atoms with E-state index in [1.54, 1.807) is 0 Å². The van der Waals surface area contributed by atoms with Crippen LogP contribution in [0.2, 0.25) is 0 Å². The van der Waals surface area contributed by atoms with E-state index in [0.29, 0.717) is 5.41 Å². The summed E-state index contributed by atoms with van der Waals surface area (Å²) in [5.41, 5.74) is 0.694. The summed E-state index contributed by atoms with van der Waals surface area (Å²) in [4.78, 5) is 0. The molecule has 0 radical (unpaired) electrons. The van der Waals surface area contributed by atoms with Gasteiger partial charge in [0.05, 0.1) is 0 Å². The summed E-state index contributed by atoms with van der Waals surface area (Å²) in [6.45, 7) is 9.00. The molecule has 0 amide bonds. The molecule has 1 nitrogen and oxygen atoms in total. The van der Waals surface area contributed by atoms with E-state index in [1.807, 2.05) is 13.8 Å². The summed E-state index contributed by atoms with van der Waals surface area (Å²) in [5, 5.41) is 3.46. The lowest BCUT2D eigenvalue weighted by atomic mass is 9.83. The van der Waals surface area contributed by atoms with Gasteiger partial charge in [-0.25, -0.2) is 0 Å². The third kappa shape index (κ3) is 1.58. The summed E-state index contributed by atoms with van der Waals surface area (Å²) in [7, 11) is 0. The molecular weight excluding hydrogens is 134 g/mol. The monoisotopic (exact) mass is 155 g/mol. The van der Waals surface area contributed by atoms with Gasteiger partial charge in [0.1, 0.15) is 0 Å². The van der Waals surface area contributed by atoms with Crippen molar-refractivity contribution in [3.8, 4) is 0 Å². The van der Waals surface area contributed by atoms with Gasteiger partial charge in [0.15, 0.2) is 0 Å². The standard InChI is InChI=1S/C8H15N.C2H6/c1-8-4-2-3-7(8)5-9-6-8;1-2/h7,9H,2-6H2,1H3;1-2H3. The van der Waals surface area contributed by atoms with Gasteiger partial charge in [-0.05, 0) is 30.7 Å². The maximum absolute atomic E-state index is 3.46. The Labute approximate surface area is 70.6 Å². The average Bonchev–Trinajstić information content (AvgIpc) is 2.49.